The average Bonchev–Trinajstić information content (AvgIpc) is 3.04. The highest BCUT2D eigenvalue weighted by molar-refractivity contribution is 6.30. The normalized spacial score (nSPS) is 15.2. The first kappa shape index (κ1) is 19.3. The first-order valence-electron chi connectivity index (χ1n) is 8.17. The molecule has 1 aliphatic rings. The zero-order valence-corrected chi connectivity index (χ0v) is 15.2. The van der Waals surface area contributed by atoms with Crippen molar-refractivity contribution in [2.45, 2.75) is 13.0 Å². The van der Waals surface area contributed by atoms with E-state index in [1.165, 1.54) is 0 Å². The van der Waals surface area contributed by atoms with Gasteiger partial charge in [0.05, 0.1) is 19.8 Å². The van der Waals surface area contributed by atoms with Crippen LogP contribution in [0.25, 0.3) is 11.3 Å². The van der Waals surface area contributed by atoms with Gasteiger partial charge in [-0.3, -0.25) is 4.90 Å². The molecule has 6 heteroatoms. The number of ether oxygens (including phenoxy) is 1. The van der Waals surface area contributed by atoms with Crippen molar-refractivity contribution in [3.63, 3.8) is 0 Å². The third-order valence-electron chi connectivity index (χ3n) is 4.00. The zero-order chi connectivity index (χ0) is 15.9. The van der Waals surface area contributed by atoms with Crippen molar-refractivity contribution in [1.29, 1.82) is 0 Å². The Hall–Kier alpha value is -1.04. The van der Waals surface area contributed by atoms with Gasteiger partial charge in [0, 0.05) is 23.7 Å². The van der Waals surface area contributed by atoms with Crippen molar-refractivity contribution in [2.24, 2.45) is 0 Å². The maximum absolute atomic E-state index is 6.02. The fourth-order valence-electron chi connectivity index (χ4n) is 2.73. The highest BCUT2D eigenvalue weighted by Gasteiger charge is 2.09. The molecular weight excluding hydrogens is 347 g/mol. The number of hydrogen-bond donors (Lipinski definition) is 1. The maximum Gasteiger partial charge on any atom is 0.134 e. The van der Waals surface area contributed by atoms with Crippen LogP contribution < -0.4 is 5.32 Å². The van der Waals surface area contributed by atoms with E-state index in [1.807, 2.05) is 36.4 Å². The number of furan rings is 1. The minimum Gasteiger partial charge on any atom is -0.460 e. The fraction of sp³-hybridized carbons (Fsp3) is 0.444. The van der Waals surface area contributed by atoms with E-state index in [0.29, 0.717) is 0 Å². The molecule has 0 radical (unpaired) electrons. The Morgan fingerprint density at radius 3 is 2.75 bits per heavy atom. The highest BCUT2D eigenvalue weighted by atomic mass is 35.5. The molecule has 0 saturated carbocycles. The Bertz CT molecular complexity index is 613. The Kier molecular flexibility index (Phi) is 8.09. The molecule has 0 aliphatic carbocycles. The lowest BCUT2D eigenvalue weighted by atomic mass is 10.2. The molecule has 1 aliphatic heterocycles. The molecule has 4 nitrogen and oxygen atoms in total. The number of morpholine rings is 1. The molecule has 0 bridgehead atoms. The van der Waals surface area contributed by atoms with Gasteiger partial charge in [-0.25, -0.2) is 0 Å². The summed E-state index contributed by atoms with van der Waals surface area (Å²) in [5.74, 6) is 1.81. The molecule has 2 aromatic rings. The van der Waals surface area contributed by atoms with Crippen molar-refractivity contribution in [3.05, 3.63) is 47.2 Å². The van der Waals surface area contributed by atoms with Crippen LogP contribution in [0.2, 0.25) is 5.02 Å². The Balaban J connectivity index is 0.00000208. The van der Waals surface area contributed by atoms with E-state index in [9.17, 15) is 0 Å². The summed E-state index contributed by atoms with van der Waals surface area (Å²) in [6.07, 6.45) is 1.14. The van der Waals surface area contributed by atoms with E-state index in [2.05, 4.69) is 10.2 Å². The van der Waals surface area contributed by atoms with Gasteiger partial charge < -0.3 is 14.5 Å². The molecule has 1 saturated heterocycles. The van der Waals surface area contributed by atoms with E-state index >= 15 is 0 Å². The number of halogens is 2. The van der Waals surface area contributed by atoms with Gasteiger partial charge in [0.2, 0.25) is 0 Å². The summed E-state index contributed by atoms with van der Waals surface area (Å²) in [6.45, 7) is 6.72. The molecule has 3 rings (SSSR count). The predicted molar refractivity (Wildman–Crippen MR) is 100.0 cm³/mol. The summed E-state index contributed by atoms with van der Waals surface area (Å²) in [5.41, 5.74) is 1.01. The van der Waals surface area contributed by atoms with Crippen LogP contribution in [-0.4, -0.2) is 44.3 Å². The Morgan fingerprint density at radius 1 is 1.12 bits per heavy atom. The molecule has 132 valence electrons. The molecule has 0 spiro atoms. The van der Waals surface area contributed by atoms with Gasteiger partial charge in [0.25, 0.3) is 0 Å². The summed E-state index contributed by atoms with van der Waals surface area (Å²) < 4.78 is 11.2. The molecule has 0 amide bonds. The van der Waals surface area contributed by atoms with Crippen LogP contribution >= 0.6 is 24.0 Å². The molecule has 0 unspecified atom stereocenters. The van der Waals surface area contributed by atoms with Crippen molar-refractivity contribution >= 4 is 24.0 Å². The number of nitrogens with one attached hydrogen (secondary N) is 1. The SMILES string of the molecule is Cl.Clc1cccc(-c2ccc(CNCCCN3CCOCC3)o2)c1. The van der Waals surface area contributed by atoms with Gasteiger partial charge in [0.15, 0.2) is 0 Å². The topological polar surface area (TPSA) is 37.6 Å². The lowest BCUT2D eigenvalue weighted by Crippen LogP contribution is -2.37. The standard InChI is InChI=1S/C18H23ClN2O2.ClH/c19-16-4-1-3-15(13-16)18-6-5-17(23-18)14-20-7-2-8-21-9-11-22-12-10-21;/h1,3-6,13,20H,2,7-12,14H2;1H. The lowest BCUT2D eigenvalue weighted by Gasteiger charge is -2.26. The number of nitrogens with zero attached hydrogens (tertiary/aromatic N) is 1. The van der Waals surface area contributed by atoms with Gasteiger partial charge in [0.1, 0.15) is 11.5 Å². The molecule has 0 atom stereocenters. The molecule has 1 aromatic carbocycles. The van der Waals surface area contributed by atoms with Crippen LogP contribution in [0.3, 0.4) is 0 Å². The largest absolute Gasteiger partial charge is 0.460 e. The summed E-state index contributed by atoms with van der Waals surface area (Å²) >= 11 is 6.02. The Morgan fingerprint density at radius 2 is 1.96 bits per heavy atom. The van der Waals surface area contributed by atoms with Gasteiger partial charge in [-0.1, -0.05) is 23.7 Å². The van der Waals surface area contributed by atoms with Crippen LogP contribution in [0.4, 0.5) is 0 Å². The summed E-state index contributed by atoms with van der Waals surface area (Å²) in [5, 5.41) is 4.16. The lowest BCUT2D eigenvalue weighted by molar-refractivity contribution is 0.0374. The second-order valence-corrected chi connectivity index (χ2v) is 6.20. The summed E-state index contributed by atoms with van der Waals surface area (Å²) in [7, 11) is 0. The van der Waals surface area contributed by atoms with Crippen molar-refractivity contribution in [3.8, 4) is 11.3 Å². The third kappa shape index (κ3) is 5.80. The summed E-state index contributed by atoms with van der Waals surface area (Å²) in [4.78, 5) is 2.45. The summed E-state index contributed by atoms with van der Waals surface area (Å²) in [6, 6.07) is 11.7. The minimum atomic E-state index is 0. The van der Waals surface area contributed by atoms with Gasteiger partial charge in [-0.2, -0.15) is 0 Å². The van der Waals surface area contributed by atoms with Crippen LogP contribution in [-0.2, 0) is 11.3 Å². The van der Waals surface area contributed by atoms with Crippen LogP contribution in [0.5, 0.6) is 0 Å². The number of benzene rings is 1. The van der Waals surface area contributed by atoms with E-state index < -0.39 is 0 Å². The quantitative estimate of drug-likeness (QED) is 0.751. The van der Waals surface area contributed by atoms with Crippen molar-refractivity contribution in [2.75, 3.05) is 39.4 Å². The van der Waals surface area contributed by atoms with Crippen LogP contribution in [0, 0.1) is 0 Å². The molecule has 1 fully saturated rings. The fourth-order valence-corrected chi connectivity index (χ4v) is 2.92. The van der Waals surface area contributed by atoms with Crippen molar-refractivity contribution in [1.82, 2.24) is 10.2 Å². The molecule has 24 heavy (non-hydrogen) atoms. The van der Waals surface area contributed by atoms with E-state index in [1.54, 1.807) is 0 Å². The third-order valence-corrected chi connectivity index (χ3v) is 4.24. The predicted octanol–water partition coefficient (Wildman–Crippen LogP) is 3.83. The number of rotatable bonds is 7. The van der Waals surface area contributed by atoms with E-state index in [-0.39, 0.29) is 12.4 Å². The van der Waals surface area contributed by atoms with Crippen molar-refractivity contribution < 1.29 is 9.15 Å². The van der Waals surface area contributed by atoms with Gasteiger partial charge in [-0.15, -0.1) is 12.4 Å². The van der Waals surface area contributed by atoms with Crippen LogP contribution in [0.1, 0.15) is 12.2 Å². The first-order valence-corrected chi connectivity index (χ1v) is 8.54. The first-order chi connectivity index (χ1) is 11.3. The molecular formula is C18H24Cl2N2O2. The highest BCUT2D eigenvalue weighted by Crippen LogP contribution is 2.24. The second-order valence-electron chi connectivity index (χ2n) is 5.76. The van der Waals surface area contributed by atoms with Crippen LogP contribution in [0.15, 0.2) is 40.8 Å². The number of hydrogen-bond acceptors (Lipinski definition) is 4. The smallest absolute Gasteiger partial charge is 0.134 e. The van der Waals surface area contributed by atoms with E-state index in [0.717, 1.165) is 74.5 Å². The second kappa shape index (κ2) is 10.1. The average molecular weight is 371 g/mol. The van der Waals surface area contributed by atoms with Gasteiger partial charge >= 0.3 is 0 Å². The molecule has 2 heterocycles. The van der Waals surface area contributed by atoms with E-state index in [4.69, 9.17) is 20.8 Å². The molecule has 1 N–H and O–H groups in total. The minimum absolute atomic E-state index is 0. The Labute approximate surface area is 154 Å². The monoisotopic (exact) mass is 370 g/mol. The maximum atomic E-state index is 6.02. The zero-order valence-electron chi connectivity index (χ0n) is 13.7. The van der Waals surface area contributed by atoms with Gasteiger partial charge in [-0.05, 0) is 43.8 Å². The molecule has 1 aromatic heterocycles.